The lowest BCUT2D eigenvalue weighted by Gasteiger charge is -2.28. The number of nitrogens with zero attached hydrogens (tertiary/aromatic N) is 5. The molecule has 2 rings (SSSR count). The molecule has 0 atom stereocenters. The van der Waals surface area contributed by atoms with Crippen molar-refractivity contribution in [2.45, 2.75) is 0 Å². The van der Waals surface area contributed by atoms with Gasteiger partial charge in [-0.15, -0.1) is 10.5 Å². The van der Waals surface area contributed by atoms with E-state index in [1.807, 2.05) is 18.2 Å². The molecule has 6 heteroatoms. The fourth-order valence-electron chi connectivity index (χ4n) is 1.20. The largest absolute Gasteiger partial charge is 0.253 e. The molecule has 77 valence electrons. The van der Waals surface area contributed by atoms with E-state index < -0.39 is 0 Å². The molecule has 0 aromatic carbocycles. The molecule has 1 aliphatic rings. The second-order valence-corrected chi connectivity index (χ2v) is 3.43. The molecule has 15 heavy (non-hydrogen) atoms. The first-order chi connectivity index (χ1) is 7.18. The van der Waals surface area contributed by atoms with Gasteiger partial charge in [-0.05, 0) is 24.4 Å². The fourth-order valence-corrected chi connectivity index (χ4v) is 1.28. The molecule has 0 N–H and O–H groups in total. The van der Waals surface area contributed by atoms with E-state index in [-0.39, 0.29) is 0 Å². The number of aromatic nitrogens is 1. The first kappa shape index (κ1) is 9.85. The maximum atomic E-state index is 5.08. The Hall–Kier alpha value is -1.69. The number of amidine groups is 1. The number of hydrazone groups is 1. The van der Waals surface area contributed by atoms with E-state index in [2.05, 4.69) is 15.5 Å². The minimum atomic E-state index is 0.564. The highest BCUT2D eigenvalue weighted by atomic mass is 32.1. The van der Waals surface area contributed by atoms with Gasteiger partial charge in [-0.3, -0.25) is 4.98 Å². The van der Waals surface area contributed by atoms with Crippen LogP contribution in [0.5, 0.6) is 0 Å². The Labute approximate surface area is 93.4 Å². The molecule has 0 saturated heterocycles. The summed E-state index contributed by atoms with van der Waals surface area (Å²) < 4.78 is 0. The second-order valence-electron chi connectivity index (χ2n) is 3.07. The summed E-state index contributed by atoms with van der Waals surface area (Å²) >= 11 is 5.08. The van der Waals surface area contributed by atoms with Crippen LogP contribution in [0.3, 0.4) is 0 Å². The lowest BCUT2D eigenvalue weighted by atomic mass is 10.3. The van der Waals surface area contributed by atoms with Crippen LogP contribution in [-0.4, -0.2) is 40.0 Å². The van der Waals surface area contributed by atoms with Gasteiger partial charge in [0.2, 0.25) is 10.9 Å². The number of hydrogen-bond acceptors (Lipinski definition) is 3. The van der Waals surface area contributed by atoms with Crippen LogP contribution in [0.4, 0.5) is 0 Å². The molecule has 2 heterocycles. The van der Waals surface area contributed by atoms with Crippen LogP contribution in [-0.2, 0) is 0 Å². The van der Waals surface area contributed by atoms with E-state index in [4.69, 9.17) is 12.2 Å². The van der Waals surface area contributed by atoms with E-state index >= 15 is 0 Å². The average Bonchev–Trinajstić information content (AvgIpc) is 2.26. The molecular formula is C9H10N5S. The Bertz CT molecular complexity index is 402. The zero-order valence-corrected chi connectivity index (χ0v) is 9.27. The van der Waals surface area contributed by atoms with Crippen molar-refractivity contribution in [3.63, 3.8) is 0 Å². The van der Waals surface area contributed by atoms with Gasteiger partial charge in [0.15, 0.2) is 0 Å². The van der Waals surface area contributed by atoms with Crippen molar-refractivity contribution in [2.24, 2.45) is 5.10 Å². The average molecular weight is 220 g/mol. The van der Waals surface area contributed by atoms with Gasteiger partial charge in [-0.1, -0.05) is 6.07 Å². The van der Waals surface area contributed by atoms with Crippen molar-refractivity contribution in [1.29, 1.82) is 0 Å². The zero-order chi connectivity index (χ0) is 10.8. The third-order valence-electron chi connectivity index (χ3n) is 1.94. The standard InChI is InChI=1S/C9H10N5S/c1-13-9(15)14(2)12-8(11-13)7-5-3-4-6-10-7/h3-6H,1-2H3. The summed E-state index contributed by atoms with van der Waals surface area (Å²) in [5.74, 6) is 0.564. The Morgan fingerprint density at radius 3 is 2.60 bits per heavy atom. The highest BCUT2D eigenvalue weighted by Gasteiger charge is 2.21. The molecular weight excluding hydrogens is 210 g/mol. The Balaban J connectivity index is 2.32. The van der Waals surface area contributed by atoms with E-state index in [0.717, 1.165) is 5.69 Å². The lowest BCUT2D eigenvalue weighted by Crippen LogP contribution is -2.48. The predicted octanol–water partition coefficient (Wildman–Crippen LogP) is 0.425. The van der Waals surface area contributed by atoms with Gasteiger partial charge < -0.3 is 0 Å². The van der Waals surface area contributed by atoms with Crippen LogP contribution >= 0.6 is 12.2 Å². The first-order valence-corrected chi connectivity index (χ1v) is 4.82. The summed E-state index contributed by atoms with van der Waals surface area (Å²) in [6.45, 7) is 0. The van der Waals surface area contributed by atoms with Crippen LogP contribution in [0.25, 0.3) is 0 Å². The zero-order valence-electron chi connectivity index (χ0n) is 8.45. The maximum absolute atomic E-state index is 5.08. The third kappa shape index (κ3) is 1.89. The summed E-state index contributed by atoms with van der Waals surface area (Å²) in [6.07, 6.45) is 1.71. The molecule has 1 radical (unpaired) electrons. The number of hydrogen-bond donors (Lipinski definition) is 0. The van der Waals surface area contributed by atoms with Crippen molar-refractivity contribution in [3.05, 3.63) is 30.1 Å². The van der Waals surface area contributed by atoms with Gasteiger partial charge in [0.1, 0.15) is 5.69 Å². The predicted molar refractivity (Wildman–Crippen MR) is 61.0 cm³/mol. The quantitative estimate of drug-likeness (QED) is 0.644. The molecule has 1 aromatic rings. The summed E-state index contributed by atoms with van der Waals surface area (Å²) in [5.41, 5.74) is 4.96. The summed E-state index contributed by atoms with van der Waals surface area (Å²) in [4.78, 5) is 4.18. The Kier molecular flexibility index (Phi) is 2.51. The molecule has 0 fully saturated rings. The van der Waals surface area contributed by atoms with Gasteiger partial charge in [0, 0.05) is 20.3 Å². The van der Waals surface area contributed by atoms with E-state index in [0.29, 0.717) is 10.9 Å². The lowest BCUT2D eigenvalue weighted by molar-refractivity contribution is 0.345. The maximum Gasteiger partial charge on any atom is 0.217 e. The highest BCUT2D eigenvalue weighted by Crippen LogP contribution is 2.05. The molecule has 0 unspecified atom stereocenters. The van der Waals surface area contributed by atoms with Crippen LogP contribution in [0.15, 0.2) is 29.5 Å². The smallest absolute Gasteiger partial charge is 0.217 e. The first-order valence-electron chi connectivity index (χ1n) is 4.41. The van der Waals surface area contributed by atoms with Gasteiger partial charge in [-0.2, -0.15) is 0 Å². The molecule has 0 spiro atoms. The number of pyridine rings is 1. The molecule has 0 saturated carbocycles. The van der Waals surface area contributed by atoms with E-state index in [1.54, 1.807) is 30.3 Å². The van der Waals surface area contributed by atoms with Crippen molar-refractivity contribution < 1.29 is 0 Å². The monoisotopic (exact) mass is 220 g/mol. The minimum Gasteiger partial charge on any atom is -0.253 e. The summed E-state index contributed by atoms with van der Waals surface area (Å²) in [6, 6.07) is 5.61. The van der Waals surface area contributed by atoms with Crippen molar-refractivity contribution in [2.75, 3.05) is 14.1 Å². The molecule has 5 nitrogen and oxygen atoms in total. The summed E-state index contributed by atoms with van der Waals surface area (Å²) in [7, 11) is 3.58. The van der Waals surface area contributed by atoms with Gasteiger partial charge in [0.05, 0.1) is 0 Å². The molecule has 1 aromatic heterocycles. The van der Waals surface area contributed by atoms with Gasteiger partial charge in [0.25, 0.3) is 0 Å². The molecule has 1 aliphatic heterocycles. The van der Waals surface area contributed by atoms with Crippen molar-refractivity contribution in [3.8, 4) is 0 Å². The van der Waals surface area contributed by atoms with Crippen LogP contribution < -0.4 is 5.43 Å². The topological polar surface area (TPSA) is 45.8 Å². The van der Waals surface area contributed by atoms with Gasteiger partial charge in [-0.25, -0.2) is 10.0 Å². The number of thiocarbonyl (C=S) groups is 1. The number of rotatable bonds is 1. The van der Waals surface area contributed by atoms with E-state index in [1.165, 1.54) is 0 Å². The Morgan fingerprint density at radius 2 is 2.00 bits per heavy atom. The third-order valence-corrected chi connectivity index (χ3v) is 2.47. The Morgan fingerprint density at radius 1 is 1.20 bits per heavy atom. The molecule has 0 aliphatic carbocycles. The van der Waals surface area contributed by atoms with Crippen LogP contribution in [0.1, 0.15) is 5.69 Å². The fraction of sp³-hybridized carbons (Fsp3) is 0.222. The SMILES string of the molecule is CN1[N]C(c2ccccn2)=NN(C)C1=S. The molecule has 0 bridgehead atoms. The second kappa shape index (κ2) is 3.82. The van der Waals surface area contributed by atoms with Crippen LogP contribution in [0.2, 0.25) is 0 Å². The highest BCUT2D eigenvalue weighted by molar-refractivity contribution is 7.80. The normalized spacial score (nSPS) is 16.1. The van der Waals surface area contributed by atoms with Crippen LogP contribution in [0, 0.1) is 0 Å². The minimum absolute atomic E-state index is 0.564. The van der Waals surface area contributed by atoms with Crippen molar-refractivity contribution in [1.82, 2.24) is 20.4 Å². The molecule has 0 amide bonds. The van der Waals surface area contributed by atoms with Crippen molar-refractivity contribution >= 4 is 23.2 Å². The van der Waals surface area contributed by atoms with E-state index in [9.17, 15) is 0 Å². The van der Waals surface area contributed by atoms with Gasteiger partial charge >= 0.3 is 0 Å². The summed E-state index contributed by atoms with van der Waals surface area (Å²) in [5, 5.41) is 7.99.